The highest BCUT2D eigenvalue weighted by Crippen LogP contribution is 2.27. The molecule has 1 saturated heterocycles. The first kappa shape index (κ1) is 9.38. The summed E-state index contributed by atoms with van der Waals surface area (Å²) in [5.41, 5.74) is 0. The molecule has 0 saturated carbocycles. The van der Waals surface area contributed by atoms with Crippen molar-refractivity contribution in [1.82, 2.24) is 4.90 Å². The first-order valence-electron chi connectivity index (χ1n) is 3.66. The van der Waals surface area contributed by atoms with Crippen molar-refractivity contribution < 1.29 is 18.3 Å². The Kier molecular flexibility index (Phi) is 2.32. The zero-order valence-corrected chi connectivity index (χ0v) is 7.01. The van der Waals surface area contributed by atoms with Gasteiger partial charge in [-0.3, -0.25) is 4.79 Å². The molecular formula is C7H11F2NO2. The number of carbonyl (C=O) groups excluding carboxylic acids is 1. The van der Waals surface area contributed by atoms with E-state index in [1.807, 2.05) is 0 Å². The normalized spacial score (nSPS) is 23.2. The lowest BCUT2D eigenvalue weighted by Crippen LogP contribution is -2.60. The van der Waals surface area contributed by atoms with Gasteiger partial charge in [-0.2, -0.15) is 0 Å². The van der Waals surface area contributed by atoms with Crippen molar-refractivity contribution in [3.8, 4) is 0 Å². The number of methoxy groups -OCH3 is 1. The van der Waals surface area contributed by atoms with Gasteiger partial charge in [-0.05, 0) is 6.92 Å². The second kappa shape index (κ2) is 2.97. The fraction of sp³-hybridized carbons (Fsp3) is 0.857. The molecule has 0 aromatic heterocycles. The Morgan fingerprint density at radius 3 is 2.42 bits per heavy atom. The molecule has 0 aromatic carbocycles. The largest absolute Gasteiger partial charge is 0.372 e. The maximum atomic E-state index is 12.3. The van der Waals surface area contributed by atoms with Crippen LogP contribution in [0.1, 0.15) is 6.92 Å². The maximum absolute atomic E-state index is 12.3. The highest BCUT2D eigenvalue weighted by atomic mass is 19.3. The van der Waals surface area contributed by atoms with Crippen molar-refractivity contribution in [3.63, 3.8) is 0 Å². The van der Waals surface area contributed by atoms with Crippen molar-refractivity contribution in [2.24, 2.45) is 0 Å². The van der Waals surface area contributed by atoms with E-state index in [0.29, 0.717) is 0 Å². The molecule has 0 spiro atoms. The number of nitrogens with zero attached hydrogens (tertiary/aromatic N) is 1. The zero-order chi connectivity index (χ0) is 9.35. The summed E-state index contributed by atoms with van der Waals surface area (Å²) >= 11 is 0. The van der Waals surface area contributed by atoms with Gasteiger partial charge in [0.2, 0.25) is 0 Å². The molecule has 12 heavy (non-hydrogen) atoms. The number of alkyl halides is 2. The lowest BCUT2D eigenvalue weighted by atomic mass is 10.1. The minimum atomic E-state index is -2.69. The van der Waals surface area contributed by atoms with E-state index < -0.39 is 25.1 Å². The summed E-state index contributed by atoms with van der Waals surface area (Å²) in [7, 11) is 1.38. The fourth-order valence-electron chi connectivity index (χ4n) is 1.03. The lowest BCUT2D eigenvalue weighted by Gasteiger charge is -2.39. The summed E-state index contributed by atoms with van der Waals surface area (Å²) < 4.78 is 29.3. The zero-order valence-electron chi connectivity index (χ0n) is 7.01. The first-order chi connectivity index (χ1) is 5.46. The summed E-state index contributed by atoms with van der Waals surface area (Å²) in [5.74, 6) is -3.06. The van der Waals surface area contributed by atoms with E-state index in [9.17, 15) is 13.6 Å². The van der Waals surface area contributed by atoms with Crippen LogP contribution >= 0.6 is 0 Å². The van der Waals surface area contributed by atoms with Gasteiger partial charge in [0.15, 0.2) is 0 Å². The van der Waals surface area contributed by atoms with Crippen molar-refractivity contribution in [1.29, 1.82) is 0 Å². The van der Waals surface area contributed by atoms with Crippen LogP contribution in [-0.4, -0.2) is 43.0 Å². The second-order valence-corrected chi connectivity index (χ2v) is 2.93. The number of ether oxygens (including phenoxy) is 1. The Morgan fingerprint density at radius 2 is 2.08 bits per heavy atom. The number of hydrogen-bond donors (Lipinski definition) is 0. The SMILES string of the molecule is COC(C)C(=O)N1CC(F)(F)C1. The van der Waals surface area contributed by atoms with E-state index >= 15 is 0 Å². The number of amides is 1. The summed E-state index contributed by atoms with van der Waals surface area (Å²) in [6.45, 7) is 0.595. The predicted molar refractivity (Wildman–Crippen MR) is 38.0 cm³/mol. The molecular weight excluding hydrogens is 168 g/mol. The molecule has 1 aliphatic heterocycles. The number of halogens is 2. The summed E-state index contributed by atoms with van der Waals surface area (Å²) in [6, 6.07) is 0. The molecule has 1 heterocycles. The van der Waals surface area contributed by atoms with E-state index in [-0.39, 0.29) is 5.91 Å². The van der Waals surface area contributed by atoms with Crippen LogP contribution in [-0.2, 0) is 9.53 Å². The van der Waals surface area contributed by atoms with Crippen molar-refractivity contribution in [2.45, 2.75) is 19.0 Å². The quantitative estimate of drug-likeness (QED) is 0.617. The molecule has 1 rings (SSSR count). The maximum Gasteiger partial charge on any atom is 0.282 e. The minimum Gasteiger partial charge on any atom is -0.372 e. The third-order valence-corrected chi connectivity index (χ3v) is 1.86. The van der Waals surface area contributed by atoms with E-state index in [1.54, 1.807) is 6.92 Å². The van der Waals surface area contributed by atoms with Gasteiger partial charge in [-0.25, -0.2) is 8.78 Å². The van der Waals surface area contributed by atoms with Crippen molar-refractivity contribution >= 4 is 5.91 Å². The smallest absolute Gasteiger partial charge is 0.282 e. The van der Waals surface area contributed by atoms with Gasteiger partial charge < -0.3 is 9.64 Å². The van der Waals surface area contributed by atoms with Crippen LogP contribution < -0.4 is 0 Å². The molecule has 1 amide bonds. The van der Waals surface area contributed by atoms with Crippen molar-refractivity contribution in [2.75, 3.05) is 20.2 Å². The molecule has 1 fully saturated rings. The Labute approximate surface area is 69.3 Å². The highest BCUT2D eigenvalue weighted by Gasteiger charge is 2.47. The van der Waals surface area contributed by atoms with Crippen LogP contribution in [0.15, 0.2) is 0 Å². The van der Waals surface area contributed by atoms with Gasteiger partial charge >= 0.3 is 0 Å². The molecule has 0 aliphatic carbocycles. The Hall–Kier alpha value is -0.710. The number of carbonyl (C=O) groups is 1. The Morgan fingerprint density at radius 1 is 1.58 bits per heavy atom. The van der Waals surface area contributed by atoms with Gasteiger partial charge in [0.1, 0.15) is 6.10 Å². The molecule has 1 atom stereocenters. The number of rotatable bonds is 2. The van der Waals surface area contributed by atoms with Crippen LogP contribution in [0, 0.1) is 0 Å². The molecule has 5 heteroatoms. The van der Waals surface area contributed by atoms with E-state index in [2.05, 4.69) is 0 Å². The van der Waals surface area contributed by atoms with Crippen LogP contribution in [0.25, 0.3) is 0 Å². The summed E-state index contributed by atoms with van der Waals surface area (Å²) in [6.07, 6.45) is -0.624. The van der Waals surface area contributed by atoms with Gasteiger partial charge in [-0.1, -0.05) is 0 Å². The standard InChI is InChI=1S/C7H11F2NO2/c1-5(12-2)6(11)10-3-7(8,9)4-10/h5H,3-4H2,1-2H3. The summed E-state index contributed by atoms with van der Waals surface area (Å²) in [5, 5.41) is 0. The molecule has 1 aliphatic rings. The first-order valence-corrected chi connectivity index (χ1v) is 3.66. The van der Waals surface area contributed by atoms with Gasteiger partial charge in [0.25, 0.3) is 11.8 Å². The van der Waals surface area contributed by atoms with Crippen LogP contribution in [0.3, 0.4) is 0 Å². The highest BCUT2D eigenvalue weighted by molar-refractivity contribution is 5.81. The molecule has 3 nitrogen and oxygen atoms in total. The van der Waals surface area contributed by atoms with Gasteiger partial charge in [-0.15, -0.1) is 0 Å². The third kappa shape index (κ3) is 1.72. The molecule has 1 unspecified atom stereocenters. The monoisotopic (exact) mass is 179 g/mol. The molecule has 0 N–H and O–H groups in total. The number of likely N-dealkylation sites (tertiary alicyclic amines) is 1. The van der Waals surface area contributed by atoms with Crippen LogP contribution in [0.5, 0.6) is 0 Å². The predicted octanol–water partition coefficient (Wildman–Crippen LogP) is 0.499. The van der Waals surface area contributed by atoms with E-state index in [4.69, 9.17) is 4.74 Å². The third-order valence-electron chi connectivity index (χ3n) is 1.86. The van der Waals surface area contributed by atoms with Gasteiger partial charge in [0.05, 0.1) is 13.1 Å². The average Bonchev–Trinajstić information content (AvgIpc) is 1.97. The minimum absolute atomic E-state index is 0.372. The fourth-order valence-corrected chi connectivity index (χ4v) is 1.03. The topological polar surface area (TPSA) is 29.5 Å². The van der Waals surface area contributed by atoms with E-state index in [1.165, 1.54) is 7.11 Å². The molecule has 0 aromatic rings. The Balaban J connectivity index is 2.38. The number of hydrogen-bond acceptors (Lipinski definition) is 2. The van der Waals surface area contributed by atoms with Crippen LogP contribution in [0.2, 0.25) is 0 Å². The van der Waals surface area contributed by atoms with Crippen molar-refractivity contribution in [3.05, 3.63) is 0 Å². The second-order valence-electron chi connectivity index (χ2n) is 2.93. The van der Waals surface area contributed by atoms with E-state index in [0.717, 1.165) is 4.90 Å². The molecule has 0 radical (unpaired) electrons. The molecule has 70 valence electrons. The van der Waals surface area contributed by atoms with Gasteiger partial charge in [0, 0.05) is 7.11 Å². The summed E-state index contributed by atoms with van der Waals surface area (Å²) in [4.78, 5) is 12.2. The average molecular weight is 179 g/mol. The van der Waals surface area contributed by atoms with Crippen LogP contribution in [0.4, 0.5) is 8.78 Å². The molecule has 0 bridgehead atoms. The lowest BCUT2D eigenvalue weighted by molar-refractivity contribution is -0.173. The Bertz CT molecular complexity index is 188.